The van der Waals surface area contributed by atoms with Crippen LogP contribution >= 0.6 is 11.5 Å². The third kappa shape index (κ3) is 1.58. The van der Waals surface area contributed by atoms with Crippen LogP contribution in [-0.2, 0) is 0 Å². The Morgan fingerprint density at radius 3 is 2.62 bits per heavy atom. The van der Waals surface area contributed by atoms with Crippen LogP contribution in [0.5, 0.6) is 0 Å². The second-order valence-corrected chi connectivity index (χ2v) is 3.36. The molecule has 0 aliphatic carbocycles. The highest BCUT2D eigenvalue weighted by Gasteiger charge is 2.01. The molecule has 2 rings (SSSR count). The molecule has 13 heavy (non-hydrogen) atoms. The summed E-state index contributed by atoms with van der Waals surface area (Å²) in [7, 11) is 0. The van der Waals surface area contributed by atoms with Crippen LogP contribution in [0.2, 0.25) is 0 Å². The van der Waals surface area contributed by atoms with E-state index in [1.54, 1.807) is 6.07 Å². The van der Waals surface area contributed by atoms with Crippen LogP contribution in [0.15, 0.2) is 36.4 Å². The lowest BCUT2D eigenvalue weighted by Gasteiger charge is -1.92. The van der Waals surface area contributed by atoms with Gasteiger partial charge in [0.05, 0.1) is 5.69 Å². The number of aromatic nitrogens is 1. The van der Waals surface area contributed by atoms with E-state index < -0.39 is 0 Å². The number of hydrogen-bond acceptors (Lipinski definition) is 3. The van der Waals surface area contributed by atoms with E-state index in [9.17, 15) is 0 Å². The fraction of sp³-hybridized carbons (Fsp3) is 0. The Kier molecular flexibility index (Phi) is 2.07. The molecule has 0 atom stereocenters. The summed E-state index contributed by atoms with van der Waals surface area (Å²) in [6.45, 7) is 0. The third-order valence-electron chi connectivity index (χ3n) is 1.69. The number of nitrogens with zero attached hydrogens (tertiary/aromatic N) is 2. The first-order valence-electron chi connectivity index (χ1n) is 3.82. The van der Waals surface area contributed by atoms with Gasteiger partial charge in [0.1, 0.15) is 10.9 Å². The molecule has 0 bridgehead atoms. The molecule has 3 heteroatoms. The van der Waals surface area contributed by atoms with Crippen LogP contribution in [-0.4, -0.2) is 4.37 Å². The van der Waals surface area contributed by atoms with Gasteiger partial charge in [-0.3, -0.25) is 0 Å². The predicted molar refractivity (Wildman–Crippen MR) is 52.3 cm³/mol. The van der Waals surface area contributed by atoms with Crippen molar-refractivity contribution in [1.29, 1.82) is 5.26 Å². The Morgan fingerprint density at radius 1 is 1.23 bits per heavy atom. The number of hydrogen-bond donors (Lipinski definition) is 0. The molecule has 0 saturated carbocycles. The van der Waals surface area contributed by atoms with Crippen molar-refractivity contribution in [3.8, 4) is 17.3 Å². The lowest BCUT2D eigenvalue weighted by molar-refractivity contribution is 1.51. The quantitative estimate of drug-likeness (QED) is 0.686. The first-order chi connectivity index (χ1) is 6.40. The topological polar surface area (TPSA) is 36.7 Å². The lowest BCUT2D eigenvalue weighted by Crippen LogP contribution is -1.73. The molecule has 0 unspecified atom stereocenters. The van der Waals surface area contributed by atoms with Crippen molar-refractivity contribution in [3.05, 3.63) is 41.3 Å². The molecule has 0 radical (unpaired) electrons. The molecule has 1 heterocycles. The molecule has 1 aromatic carbocycles. The predicted octanol–water partition coefficient (Wildman–Crippen LogP) is 2.68. The first-order valence-corrected chi connectivity index (χ1v) is 4.60. The van der Waals surface area contributed by atoms with Crippen molar-refractivity contribution in [1.82, 2.24) is 4.37 Å². The minimum atomic E-state index is 0.652. The number of rotatable bonds is 1. The van der Waals surface area contributed by atoms with Crippen molar-refractivity contribution in [2.75, 3.05) is 0 Å². The highest BCUT2D eigenvalue weighted by atomic mass is 32.1. The van der Waals surface area contributed by atoms with Gasteiger partial charge < -0.3 is 0 Å². The molecule has 0 spiro atoms. The van der Waals surface area contributed by atoms with Crippen LogP contribution in [0.25, 0.3) is 11.3 Å². The van der Waals surface area contributed by atoms with Crippen LogP contribution < -0.4 is 0 Å². The summed E-state index contributed by atoms with van der Waals surface area (Å²) in [5, 5.41) is 8.62. The molecule has 0 aliphatic rings. The Balaban J connectivity index is 2.43. The van der Waals surface area contributed by atoms with Gasteiger partial charge in [0.15, 0.2) is 0 Å². The van der Waals surface area contributed by atoms with Crippen molar-refractivity contribution >= 4 is 11.5 Å². The standard InChI is InChI=1S/C10H6N2S/c11-7-9-6-10(12-13-9)8-4-2-1-3-5-8/h1-6H. The van der Waals surface area contributed by atoms with Crippen molar-refractivity contribution in [2.24, 2.45) is 0 Å². The van der Waals surface area contributed by atoms with Gasteiger partial charge in [-0.15, -0.1) is 0 Å². The van der Waals surface area contributed by atoms with Gasteiger partial charge in [0.25, 0.3) is 0 Å². The van der Waals surface area contributed by atoms with Crippen LogP contribution in [0.3, 0.4) is 0 Å². The molecule has 2 nitrogen and oxygen atoms in total. The Labute approximate surface area is 80.2 Å². The molecular formula is C10H6N2S. The smallest absolute Gasteiger partial charge is 0.126 e. The van der Waals surface area contributed by atoms with Crippen molar-refractivity contribution in [3.63, 3.8) is 0 Å². The molecule has 0 N–H and O–H groups in total. The van der Waals surface area contributed by atoms with Gasteiger partial charge in [-0.25, -0.2) is 0 Å². The van der Waals surface area contributed by atoms with Crippen molar-refractivity contribution < 1.29 is 0 Å². The normalized spacial score (nSPS) is 9.46. The van der Waals surface area contributed by atoms with E-state index in [2.05, 4.69) is 10.4 Å². The maximum atomic E-state index is 8.62. The fourth-order valence-corrected chi connectivity index (χ4v) is 1.63. The largest absolute Gasteiger partial charge is 0.191 e. The SMILES string of the molecule is N#Cc1cc(-c2ccccc2)ns1. The number of nitriles is 1. The van der Waals surface area contributed by atoms with Crippen LogP contribution in [0, 0.1) is 11.3 Å². The number of benzene rings is 1. The summed E-state index contributed by atoms with van der Waals surface area (Å²) >= 11 is 1.23. The molecule has 0 amide bonds. The highest BCUT2D eigenvalue weighted by molar-refractivity contribution is 7.06. The molecular weight excluding hydrogens is 180 g/mol. The fourth-order valence-electron chi connectivity index (χ4n) is 1.07. The summed E-state index contributed by atoms with van der Waals surface area (Å²) in [5.74, 6) is 0. The first kappa shape index (κ1) is 7.96. The van der Waals surface area contributed by atoms with E-state index in [-0.39, 0.29) is 0 Å². The Hall–Kier alpha value is -1.66. The minimum Gasteiger partial charge on any atom is -0.191 e. The third-order valence-corrected chi connectivity index (χ3v) is 2.38. The minimum absolute atomic E-state index is 0.652. The van der Waals surface area contributed by atoms with Gasteiger partial charge in [-0.1, -0.05) is 30.3 Å². The summed E-state index contributed by atoms with van der Waals surface area (Å²) < 4.78 is 4.18. The van der Waals surface area contributed by atoms with Crippen LogP contribution in [0.1, 0.15) is 4.88 Å². The summed E-state index contributed by atoms with van der Waals surface area (Å²) in [4.78, 5) is 0.652. The lowest BCUT2D eigenvalue weighted by atomic mass is 10.1. The highest BCUT2D eigenvalue weighted by Crippen LogP contribution is 2.20. The second kappa shape index (κ2) is 3.38. The summed E-state index contributed by atoms with van der Waals surface area (Å²) in [6.07, 6.45) is 0. The van der Waals surface area contributed by atoms with Gasteiger partial charge >= 0.3 is 0 Å². The van der Waals surface area contributed by atoms with E-state index in [1.807, 2.05) is 30.3 Å². The van der Waals surface area contributed by atoms with E-state index in [4.69, 9.17) is 5.26 Å². The zero-order chi connectivity index (χ0) is 9.10. The maximum absolute atomic E-state index is 8.62. The van der Waals surface area contributed by atoms with Gasteiger partial charge in [-0.2, -0.15) is 9.64 Å². The van der Waals surface area contributed by atoms with E-state index in [1.165, 1.54) is 11.5 Å². The molecule has 62 valence electrons. The monoisotopic (exact) mass is 186 g/mol. The molecule has 0 fully saturated rings. The van der Waals surface area contributed by atoms with Gasteiger partial charge in [-0.05, 0) is 17.6 Å². The van der Waals surface area contributed by atoms with Gasteiger partial charge in [0.2, 0.25) is 0 Å². The zero-order valence-electron chi connectivity index (χ0n) is 6.77. The molecule has 0 aliphatic heterocycles. The van der Waals surface area contributed by atoms with Gasteiger partial charge in [0, 0.05) is 5.56 Å². The molecule has 1 aromatic heterocycles. The maximum Gasteiger partial charge on any atom is 0.126 e. The molecule has 0 saturated heterocycles. The zero-order valence-corrected chi connectivity index (χ0v) is 7.58. The van der Waals surface area contributed by atoms with E-state index in [0.29, 0.717) is 4.88 Å². The average molecular weight is 186 g/mol. The molecule has 2 aromatic rings. The van der Waals surface area contributed by atoms with Crippen LogP contribution in [0.4, 0.5) is 0 Å². The Morgan fingerprint density at radius 2 is 2.00 bits per heavy atom. The summed E-state index contributed by atoms with van der Waals surface area (Å²) in [5.41, 5.74) is 1.93. The van der Waals surface area contributed by atoms with Crippen molar-refractivity contribution in [2.45, 2.75) is 0 Å². The van der Waals surface area contributed by atoms with E-state index >= 15 is 0 Å². The average Bonchev–Trinajstić information content (AvgIpc) is 2.67. The van der Waals surface area contributed by atoms with E-state index in [0.717, 1.165) is 11.3 Å². The Bertz CT molecular complexity index is 439. The second-order valence-electron chi connectivity index (χ2n) is 2.55. The summed E-state index contributed by atoms with van der Waals surface area (Å²) in [6, 6.07) is 13.7.